The Balaban J connectivity index is 1.33. The second kappa shape index (κ2) is 7.50. The quantitative estimate of drug-likeness (QED) is 0.617. The average Bonchev–Trinajstić information content (AvgIpc) is 2.65. The Hall–Kier alpha value is -3.09. The molecule has 0 radical (unpaired) electrons. The molecule has 4 nitrogen and oxygen atoms in total. The van der Waals surface area contributed by atoms with Crippen LogP contribution in [-0.4, -0.2) is 16.0 Å². The first-order valence-corrected chi connectivity index (χ1v) is 8.97. The SMILES string of the molecule is FC(F)(F)c1ccc(C2CC(Nc3nccc(Oc4ccccc4)n3)C2)cc1. The third kappa shape index (κ3) is 4.24. The summed E-state index contributed by atoms with van der Waals surface area (Å²) in [6.45, 7) is 0. The molecule has 4 rings (SSSR count). The fourth-order valence-electron chi connectivity index (χ4n) is 3.21. The average molecular weight is 385 g/mol. The van der Waals surface area contributed by atoms with Gasteiger partial charge in [0.05, 0.1) is 5.56 Å². The third-order valence-electron chi connectivity index (χ3n) is 4.78. The van der Waals surface area contributed by atoms with Gasteiger partial charge in [0.2, 0.25) is 11.8 Å². The Labute approximate surface area is 160 Å². The van der Waals surface area contributed by atoms with Crippen molar-refractivity contribution < 1.29 is 17.9 Å². The highest BCUT2D eigenvalue weighted by molar-refractivity contribution is 5.35. The number of nitrogens with one attached hydrogen (secondary N) is 1. The molecule has 1 fully saturated rings. The minimum absolute atomic E-state index is 0.180. The van der Waals surface area contributed by atoms with Crippen molar-refractivity contribution in [3.8, 4) is 11.6 Å². The van der Waals surface area contributed by atoms with Gasteiger partial charge in [-0.15, -0.1) is 0 Å². The number of anilines is 1. The molecule has 28 heavy (non-hydrogen) atoms. The standard InChI is InChI=1S/C21H18F3N3O/c22-21(23,24)16-8-6-14(7-9-16)15-12-17(13-15)26-20-25-11-10-19(27-20)28-18-4-2-1-3-5-18/h1-11,15,17H,12-13H2,(H,25,26,27). The number of nitrogens with zero attached hydrogens (tertiary/aromatic N) is 2. The zero-order chi connectivity index (χ0) is 19.6. The number of halogens is 3. The number of aromatic nitrogens is 2. The summed E-state index contributed by atoms with van der Waals surface area (Å²) in [5.74, 6) is 1.85. The van der Waals surface area contributed by atoms with Gasteiger partial charge in [-0.05, 0) is 48.6 Å². The van der Waals surface area contributed by atoms with Gasteiger partial charge in [0.1, 0.15) is 5.75 Å². The lowest BCUT2D eigenvalue weighted by Gasteiger charge is -2.36. The summed E-state index contributed by atoms with van der Waals surface area (Å²) < 4.78 is 43.7. The van der Waals surface area contributed by atoms with Gasteiger partial charge in [-0.1, -0.05) is 30.3 Å². The second-order valence-corrected chi connectivity index (χ2v) is 6.76. The molecule has 1 heterocycles. The van der Waals surface area contributed by atoms with Gasteiger partial charge in [-0.2, -0.15) is 18.2 Å². The lowest BCUT2D eigenvalue weighted by atomic mass is 9.76. The number of ether oxygens (including phenoxy) is 1. The van der Waals surface area contributed by atoms with E-state index in [0.717, 1.165) is 30.5 Å². The molecule has 0 amide bonds. The predicted octanol–water partition coefficient (Wildman–Crippen LogP) is 5.65. The molecule has 1 aliphatic carbocycles. The van der Waals surface area contributed by atoms with E-state index in [9.17, 15) is 13.2 Å². The zero-order valence-corrected chi connectivity index (χ0v) is 14.9. The van der Waals surface area contributed by atoms with E-state index < -0.39 is 11.7 Å². The maximum absolute atomic E-state index is 12.7. The number of hydrogen-bond acceptors (Lipinski definition) is 4. The van der Waals surface area contributed by atoms with Crippen LogP contribution < -0.4 is 10.1 Å². The molecule has 1 aliphatic rings. The van der Waals surface area contributed by atoms with Crippen LogP contribution in [0.2, 0.25) is 0 Å². The van der Waals surface area contributed by atoms with E-state index in [4.69, 9.17) is 4.74 Å². The normalized spacial score (nSPS) is 19.0. The van der Waals surface area contributed by atoms with Gasteiger partial charge in [-0.25, -0.2) is 4.98 Å². The molecule has 0 bridgehead atoms. The first kappa shape index (κ1) is 18.3. The molecular weight excluding hydrogens is 367 g/mol. The number of rotatable bonds is 5. The highest BCUT2D eigenvalue weighted by Crippen LogP contribution is 2.39. The highest BCUT2D eigenvalue weighted by Gasteiger charge is 2.33. The summed E-state index contributed by atoms with van der Waals surface area (Å²) in [4.78, 5) is 8.57. The third-order valence-corrected chi connectivity index (χ3v) is 4.78. The summed E-state index contributed by atoms with van der Waals surface area (Å²) in [6, 6.07) is 16.6. The second-order valence-electron chi connectivity index (χ2n) is 6.76. The Morgan fingerprint density at radius 3 is 2.32 bits per heavy atom. The van der Waals surface area contributed by atoms with Crippen molar-refractivity contribution in [2.45, 2.75) is 31.0 Å². The van der Waals surface area contributed by atoms with Gasteiger partial charge < -0.3 is 10.1 Å². The Morgan fingerprint density at radius 1 is 0.929 bits per heavy atom. The van der Waals surface area contributed by atoms with Gasteiger partial charge in [0.25, 0.3) is 0 Å². The van der Waals surface area contributed by atoms with Gasteiger partial charge in [0.15, 0.2) is 0 Å². The van der Waals surface area contributed by atoms with Crippen LogP contribution in [-0.2, 0) is 6.18 Å². The van der Waals surface area contributed by atoms with Crippen molar-refractivity contribution in [2.24, 2.45) is 0 Å². The van der Waals surface area contributed by atoms with Crippen LogP contribution in [0.1, 0.15) is 29.9 Å². The molecule has 0 unspecified atom stereocenters. The lowest BCUT2D eigenvalue weighted by Crippen LogP contribution is -2.34. The molecule has 0 saturated heterocycles. The molecular formula is C21H18F3N3O. The van der Waals surface area contributed by atoms with Gasteiger partial charge in [0, 0.05) is 18.3 Å². The van der Waals surface area contributed by atoms with E-state index in [1.54, 1.807) is 24.4 Å². The molecule has 2 aromatic carbocycles. The van der Waals surface area contributed by atoms with Crippen LogP contribution in [0.3, 0.4) is 0 Å². The first-order chi connectivity index (χ1) is 13.5. The van der Waals surface area contributed by atoms with Crippen molar-refractivity contribution >= 4 is 5.95 Å². The van der Waals surface area contributed by atoms with Gasteiger partial charge in [-0.3, -0.25) is 0 Å². The van der Waals surface area contributed by atoms with Crippen molar-refractivity contribution in [3.05, 3.63) is 78.0 Å². The minimum Gasteiger partial charge on any atom is -0.439 e. The Bertz CT molecular complexity index is 924. The van der Waals surface area contributed by atoms with Crippen LogP contribution in [0.4, 0.5) is 19.1 Å². The minimum atomic E-state index is -4.30. The lowest BCUT2D eigenvalue weighted by molar-refractivity contribution is -0.137. The molecule has 3 aromatic rings. The fraction of sp³-hybridized carbons (Fsp3) is 0.238. The summed E-state index contributed by atoms with van der Waals surface area (Å²) >= 11 is 0. The van der Waals surface area contributed by atoms with Crippen LogP contribution in [0, 0.1) is 0 Å². The van der Waals surface area contributed by atoms with Crippen molar-refractivity contribution in [1.29, 1.82) is 0 Å². The number of para-hydroxylation sites is 1. The summed E-state index contributed by atoms with van der Waals surface area (Å²) in [5.41, 5.74) is 0.307. The Kier molecular flexibility index (Phi) is 4.90. The number of alkyl halides is 3. The molecule has 0 atom stereocenters. The van der Waals surface area contributed by atoms with E-state index in [2.05, 4.69) is 15.3 Å². The largest absolute Gasteiger partial charge is 0.439 e. The highest BCUT2D eigenvalue weighted by atomic mass is 19.4. The molecule has 1 aromatic heterocycles. The van der Waals surface area contributed by atoms with Crippen molar-refractivity contribution in [1.82, 2.24) is 9.97 Å². The van der Waals surface area contributed by atoms with Crippen LogP contribution in [0.15, 0.2) is 66.9 Å². The molecule has 0 aliphatic heterocycles. The van der Waals surface area contributed by atoms with E-state index in [0.29, 0.717) is 17.6 Å². The smallest absolute Gasteiger partial charge is 0.416 e. The molecule has 0 spiro atoms. The molecule has 1 saturated carbocycles. The van der Waals surface area contributed by atoms with Crippen LogP contribution in [0.5, 0.6) is 11.6 Å². The monoisotopic (exact) mass is 385 g/mol. The van der Waals surface area contributed by atoms with Gasteiger partial charge >= 0.3 is 6.18 Å². The molecule has 7 heteroatoms. The van der Waals surface area contributed by atoms with Crippen LogP contribution >= 0.6 is 0 Å². The van der Waals surface area contributed by atoms with E-state index in [-0.39, 0.29) is 12.0 Å². The van der Waals surface area contributed by atoms with Crippen molar-refractivity contribution in [2.75, 3.05) is 5.32 Å². The van der Waals surface area contributed by atoms with Crippen molar-refractivity contribution in [3.63, 3.8) is 0 Å². The summed E-state index contributed by atoms with van der Waals surface area (Å²) in [6.07, 6.45) is -1.04. The maximum atomic E-state index is 12.7. The number of hydrogen-bond donors (Lipinski definition) is 1. The maximum Gasteiger partial charge on any atom is 0.416 e. The van der Waals surface area contributed by atoms with E-state index in [1.807, 2.05) is 30.3 Å². The zero-order valence-electron chi connectivity index (χ0n) is 14.9. The first-order valence-electron chi connectivity index (χ1n) is 8.97. The fourth-order valence-corrected chi connectivity index (χ4v) is 3.21. The van der Waals surface area contributed by atoms with E-state index >= 15 is 0 Å². The summed E-state index contributed by atoms with van der Waals surface area (Å²) in [5, 5.41) is 3.26. The predicted molar refractivity (Wildman–Crippen MR) is 99.4 cm³/mol. The topological polar surface area (TPSA) is 47.0 Å². The Morgan fingerprint density at radius 2 is 1.64 bits per heavy atom. The molecule has 144 valence electrons. The summed E-state index contributed by atoms with van der Waals surface area (Å²) in [7, 11) is 0. The van der Waals surface area contributed by atoms with Crippen LogP contribution in [0.25, 0.3) is 0 Å². The molecule has 1 N–H and O–H groups in total. The van der Waals surface area contributed by atoms with E-state index in [1.165, 1.54) is 0 Å². The number of benzene rings is 2.